The van der Waals surface area contributed by atoms with Crippen molar-refractivity contribution < 1.29 is 14.0 Å². The van der Waals surface area contributed by atoms with E-state index in [0.29, 0.717) is 11.7 Å². The number of fused-ring (bicyclic) bond motifs is 1. The summed E-state index contributed by atoms with van der Waals surface area (Å²) in [7, 11) is 0. The van der Waals surface area contributed by atoms with Gasteiger partial charge in [0.15, 0.2) is 0 Å². The smallest absolute Gasteiger partial charge is 0.241 e. The third-order valence-corrected chi connectivity index (χ3v) is 4.86. The Hall–Kier alpha value is -3.09. The fraction of sp³-hybridized carbons (Fsp3) is 0.350. The van der Waals surface area contributed by atoms with Gasteiger partial charge >= 0.3 is 0 Å². The lowest BCUT2D eigenvalue weighted by atomic mass is 10.0. The van der Waals surface area contributed by atoms with E-state index in [4.69, 9.17) is 4.42 Å². The number of rotatable bonds is 6. The predicted molar refractivity (Wildman–Crippen MR) is 101 cm³/mol. The third kappa shape index (κ3) is 3.86. The Labute approximate surface area is 156 Å². The van der Waals surface area contributed by atoms with Crippen molar-refractivity contribution >= 4 is 28.5 Å². The number of furan rings is 1. The number of carbonyl (C=O) groups is 2. The molecule has 1 saturated carbocycles. The maximum Gasteiger partial charge on any atom is 0.241 e. The number of aryl methyl sites for hydroxylation is 2. The van der Waals surface area contributed by atoms with Crippen LogP contribution in [0.15, 0.2) is 35.2 Å². The van der Waals surface area contributed by atoms with E-state index < -0.39 is 0 Å². The van der Waals surface area contributed by atoms with Gasteiger partial charge in [-0.05, 0) is 37.8 Å². The standard InChI is InChI=1S/C20H22N4O3/c1-12-3-6-17-14(11-27-20(17)13(12)2)7-18(25)23-16-8-21-24(9-16)10-19(26)22-15-4-5-15/h3,6,8-9,11,15H,4-5,7,10H2,1-2H3,(H,22,26)(H,23,25). The quantitative estimate of drug-likeness (QED) is 0.702. The Morgan fingerprint density at radius 2 is 2.07 bits per heavy atom. The zero-order chi connectivity index (χ0) is 19.0. The van der Waals surface area contributed by atoms with Crippen LogP contribution < -0.4 is 10.6 Å². The van der Waals surface area contributed by atoms with Gasteiger partial charge in [-0.15, -0.1) is 0 Å². The van der Waals surface area contributed by atoms with E-state index >= 15 is 0 Å². The second kappa shape index (κ2) is 6.90. The van der Waals surface area contributed by atoms with E-state index in [-0.39, 0.29) is 24.8 Å². The molecule has 0 bridgehead atoms. The molecular weight excluding hydrogens is 344 g/mol. The summed E-state index contributed by atoms with van der Waals surface area (Å²) in [5.74, 6) is -0.216. The highest BCUT2D eigenvalue weighted by atomic mass is 16.3. The van der Waals surface area contributed by atoms with Gasteiger partial charge in [-0.2, -0.15) is 5.10 Å². The maximum absolute atomic E-state index is 12.4. The van der Waals surface area contributed by atoms with E-state index in [9.17, 15) is 9.59 Å². The molecule has 4 rings (SSSR count). The number of nitrogens with zero attached hydrogens (tertiary/aromatic N) is 2. The van der Waals surface area contributed by atoms with Crippen LogP contribution in [0.2, 0.25) is 0 Å². The number of anilines is 1. The first-order valence-corrected chi connectivity index (χ1v) is 9.07. The summed E-state index contributed by atoms with van der Waals surface area (Å²) in [6.07, 6.45) is 7.15. The van der Waals surface area contributed by atoms with Crippen molar-refractivity contribution in [2.24, 2.45) is 0 Å². The first-order valence-electron chi connectivity index (χ1n) is 9.07. The third-order valence-electron chi connectivity index (χ3n) is 4.86. The van der Waals surface area contributed by atoms with Crippen LogP contribution >= 0.6 is 0 Å². The summed E-state index contributed by atoms with van der Waals surface area (Å²) in [6, 6.07) is 4.34. The van der Waals surface area contributed by atoms with Gasteiger partial charge in [-0.3, -0.25) is 14.3 Å². The highest BCUT2D eigenvalue weighted by Crippen LogP contribution is 2.27. The minimum absolute atomic E-state index is 0.0611. The molecular formula is C20H22N4O3. The van der Waals surface area contributed by atoms with Gasteiger partial charge in [0.05, 0.1) is 24.6 Å². The van der Waals surface area contributed by atoms with E-state index in [0.717, 1.165) is 40.5 Å². The average Bonchev–Trinajstić information content (AvgIpc) is 3.17. The van der Waals surface area contributed by atoms with Gasteiger partial charge in [0.25, 0.3) is 0 Å². The van der Waals surface area contributed by atoms with Crippen LogP contribution in [0.4, 0.5) is 5.69 Å². The zero-order valence-corrected chi connectivity index (χ0v) is 15.4. The molecule has 7 nitrogen and oxygen atoms in total. The Kier molecular flexibility index (Phi) is 4.43. The maximum atomic E-state index is 12.4. The second-order valence-corrected chi connectivity index (χ2v) is 7.14. The molecule has 1 aromatic carbocycles. The molecule has 0 atom stereocenters. The van der Waals surface area contributed by atoms with Gasteiger partial charge < -0.3 is 15.1 Å². The van der Waals surface area contributed by atoms with Crippen LogP contribution in [0, 0.1) is 13.8 Å². The van der Waals surface area contributed by atoms with Crippen LogP contribution in [0.25, 0.3) is 11.0 Å². The van der Waals surface area contributed by atoms with Crippen molar-refractivity contribution in [3.05, 3.63) is 47.5 Å². The lowest BCUT2D eigenvalue weighted by Crippen LogP contribution is -2.29. The molecule has 0 radical (unpaired) electrons. The minimum Gasteiger partial charge on any atom is -0.464 e. The topological polar surface area (TPSA) is 89.2 Å². The van der Waals surface area contributed by atoms with Crippen molar-refractivity contribution in [1.82, 2.24) is 15.1 Å². The van der Waals surface area contributed by atoms with Crippen molar-refractivity contribution in [2.45, 2.75) is 45.7 Å². The molecule has 2 aromatic heterocycles. The van der Waals surface area contributed by atoms with Crippen LogP contribution in [0.5, 0.6) is 0 Å². The van der Waals surface area contributed by atoms with E-state index in [1.165, 1.54) is 4.68 Å². The summed E-state index contributed by atoms with van der Waals surface area (Å²) >= 11 is 0. The Morgan fingerprint density at radius 3 is 2.85 bits per heavy atom. The van der Waals surface area contributed by atoms with E-state index in [1.54, 1.807) is 18.7 Å². The summed E-state index contributed by atoms with van der Waals surface area (Å²) in [5, 5.41) is 10.8. The van der Waals surface area contributed by atoms with Crippen LogP contribution in [-0.4, -0.2) is 27.6 Å². The Morgan fingerprint density at radius 1 is 1.26 bits per heavy atom. The van der Waals surface area contributed by atoms with Crippen molar-refractivity contribution in [3.8, 4) is 0 Å². The predicted octanol–water partition coefficient (Wildman–Crippen LogP) is 2.71. The zero-order valence-electron chi connectivity index (χ0n) is 15.4. The molecule has 2 heterocycles. The monoisotopic (exact) mass is 366 g/mol. The number of hydrogen-bond acceptors (Lipinski definition) is 4. The minimum atomic E-state index is -0.155. The molecule has 0 aliphatic heterocycles. The number of hydrogen-bond donors (Lipinski definition) is 2. The fourth-order valence-electron chi connectivity index (χ4n) is 3.07. The van der Waals surface area contributed by atoms with Gasteiger partial charge in [-0.1, -0.05) is 12.1 Å². The molecule has 3 aromatic rings. The highest BCUT2D eigenvalue weighted by Gasteiger charge is 2.23. The van der Waals surface area contributed by atoms with Crippen molar-refractivity contribution in [1.29, 1.82) is 0 Å². The number of benzene rings is 1. The first kappa shape index (κ1) is 17.3. The number of carbonyl (C=O) groups excluding carboxylic acids is 2. The molecule has 1 fully saturated rings. The first-order chi connectivity index (χ1) is 13.0. The van der Waals surface area contributed by atoms with Gasteiger partial charge in [0.2, 0.25) is 11.8 Å². The largest absolute Gasteiger partial charge is 0.464 e. The second-order valence-electron chi connectivity index (χ2n) is 7.14. The molecule has 0 spiro atoms. The molecule has 0 unspecified atom stereocenters. The summed E-state index contributed by atoms with van der Waals surface area (Å²) in [4.78, 5) is 24.2. The van der Waals surface area contributed by atoms with E-state index in [2.05, 4.69) is 15.7 Å². The molecule has 7 heteroatoms. The summed E-state index contributed by atoms with van der Waals surface area (Å²) in [5.41, 5.74) is 4.49. The van der Waals surface area contributed by atoms with Crippen LogP contribution in [0.3, 0.4) is 0 Å². The average molecular weight is 366 g/mol. The van der Waals surface area contributed by atoms with E-state index in [1.807, 2.05) is 26.0 Å². The number of nitrogens with one attached hydrogen (secondary N) is 2. The molecule has 2 amide bonds. The van der Waals surface area contributed by atoms with Gasteiger partial charge in [0, 0.05) is 23.2 Å². The molecule has 1 aliphatic carbocycles. The number of aromatic nitrogens is 2. The Bertz CT molecular complexity index is 1010. The fourth-order valence-corrected chi connectivity index (χ4v) is 3.07. The summed E-state index contributed by atoms with van der Waals surface area (Å²) < 4.78 is 7.18. The van der Waals surface area contributed by atoms with Crippen molar-refractivity contribution in [3.63, 3.8) is 0 Å². The van der Waals surface area contributed by atoms with Gasteiger partial charge in [-0.25, -0.2) is 0 Å². The number of amides is 2. The van der Waals surface area contributed by atoms with Gasteiger partial charge in [0.1, 0.15) is 12.1 Å². The van der Waals surface area contributed by atoms with Crippen LogP contribution in [0.1, 0.15) is 29.5 Å². The molecule has 0 saturated heterocycles. The molecule has 140 valence electrons. The SMILES string of the molecule is Cc1ccc2c(CC(=O)Nc3cnn(CC(=O)NC4CC4)c3)coc2c1C. The lowest BCUT2D eigenvalue weighted by molar-refractivity contribution is -0.122. The Balaban J connectivity index is 1.38. The highest BCUT2D eigenvalue weighted by molar-refractivity contribution is 5.95. The lowest BCUT2D eigenvalue weighted by Gasteiger charge is -2.03. The van der Waals surface area contributed by atoms with Crippen molar-refractivity contribution in [2.75, 3.05) is 5.32 Å². The molecule has 2 N–H and O–H groups in total. The summed E-state index contributed by atoms with van der Waals surface area (Å²) in [6.45, 7) is 4.20. The van der Waals surface area contributed by atoms with Crippen LogP contribution in [-0.2, 0) is 22.6 Å². The molecule has 27 heavy (non-hydrogen) atoms. The molecule has 1 aliphatic rings. The normalized spacial score (nSPS) is 13.7.